The lowest BCUT2D eigenvalue weighted by molar-refractivity contribution is 0.499. The summed E-state index contributed by atoms with van der Waals surface area (Å²) in [5.74, 6) is 2.68. The van der Waals surface area contributed by atoms with Gasteiger partial charge >= 0.3 is 0 Å². The maximum Gasteiger partial charge on any atom is 0.221 e. The van der Waals surface area contributed by atoms with E-state index in [1.807, 2.05) is 4.68 Å². The second kappa shape index (κ2) is 4.44. The Morgan fingerprint density at radius 1 is 1.28 bits per heavy atom. The number of nitrogens with zero attached hydrogens (tertiary/aromatic N) is 3. The molecule has 4 nitrogen and oxygen atoms in total. The minimum atomic E-state index is 0.375. The Hall–Kier alpha value is -1.84. The summed E-state index contributed by atoms with van der Waals surface area (Å²) in [5.41, 5.74) is 1.36. The molecular weight excluding hydrogens is 224 g/mol. The van der Waals surface area contributed by atoms with Gasteiger partial charge in [-0.2, -0.15) is 10.1 Å². The van der Waals surface area contributed by atoms with Crippen molar-refractivity contribution in [3.05, 3.63) is 41.7 Å². The molecule has 0 aliphatic carbocycles. The van der Waals surface area contributed by atoms with Gasteiger partial charge in [-0.3, -0.25) is 0 Å². The lowest BCUT2D eigenvalue weighted by Gasteiger charge is -2.23. The van der Waals surface area contributed by atoms with E-state index in [0.29, 0.717) is 11.8 Å². The van der Waals surface area contributed by atoms with E-state index in [2.05, 4.69) is 59.6 Å². The van der Waals surface area contributed by atoms with E-state index in [-0.39, 0.29) is 0 Å². The van der Waals surface area contributed by atoms with Gasteiger partial charge in [0.1, 0.15) is 0 Å². The highest BCUT2D eigenvalue weighted by Gasteiger charge is 2.22. The summed E-state index contributed by atoms with van der Waals surface area (Å²) in [4.78, 5) is 4.52. The highest BCUT2D eigenvalue weighted by molar-refractivity contribution is 5.32. The average molecular weight is 242 g/mol. The maximum atomic E-state index is 4.57. The van der Waals surface area contributed by atoms with E-state index >= 15 is 0 Å². The molecule has 0 radical (unpaired) electrons. The summed E-state index contributed by atoms with van der Waals surface area (Å²) in [6, 6.07) is 10.6. The van der Waals surface area contributed by atoms with Gasteiger partial charge in [0.25, 0.3) is 0 Å². The summed E-state index contributed by atoms with van der Waals surface area (Å²) in [6.07, 6.45) is 0. The van der Waals surface area contributed by atoms with E-state index < -0.39 is 0 Å². The summed E-state index contributed by atoms with van der Waals surface area (Å²) >= 11 is 0. The van der Waals surface area contributed by atoms with Crippen molar-refractivity contribution in [1.82, 2.24) is 14.8 Å². The highest BCUT2D eigenvalue weighted by atomic mass is 15.4. The van der Waals surface area contributed by atoms with Crippen LogP contribution in [0.1, 0.15) is 37.1 Å². The van der Waals surface area contributed by atoms with Crippen LogP contribution >= 0.6 is 0 Å². The third-order valence-electron chi connectivity index (χ3n) is 3.38. The first-order valence-electron chi connectivity index (χ1n) is 6.47. The zero-order chi connectivity index (χ0) is 12.5. The van der Waals surface area contributed by atoms with Crippen molar-refractivity contribution in [2.24, 2.45) is 0 Å². The van der Waals surface area contributed by atoms with Crippen LogP contribution in [0.3, 0.4) is 0 Å². The molecule has 2 aromatic rings. The van der Waals surface area contributed by atoms with Crippen LogP contribution in [0.15, 0.2) is 30.3 Å². The lowest BCUT2D eigenvalue weighted by atomic mass is 9.98. The van der Waals surface area contributed by atoms with Gasteiger partial charge in [0, 0.05) is 18.4 Å². The molecule has 1 atom stereocenters. The number of hydrogen-bond acceptors (Lipinski definition) is 3. The summed E-state index contributed by atoms with van der Waals surface area (Å²) in [7, 11) is 0. The number of rotatable bonds is 2. The van der Waals surface area contributed by atoms with Gasteiger partial charge in [-0.1, -0.05) is 44.2 Å². The van der Waals surface area contributed by atoms with Crippen LogP contribution in [0, 0.1) is 0 Å². The third-order valence-corrected chi connectivity index (χ3v) is 3.38. The highest BCUT2D eigenvalue weighted by Crippen LogP contribution is 2.25. The monoisotopic (exact) mass is 242 g/mol. The zero-order valence-corrected chi connectivity index (χ0v) is 10.8. The smallest absolute Gasteiger partial charge is 0.221 e. The predicted molar refractivity (Wildman–Crippen MR) is 71.8 cm³/mol. The van der Waals surface area contributed by atoms with Gasteiger partial charge < -0.3 is 5.32 Å². The van der Waals surface area contributed by atoms with Crippen molar-refractivity contribution in [3.8, 4) is 0 Å². The van der Waals surface area contributed by atoms with E-state index in [1.165, 1.54) is 5.56 Å². The van der Waals surface area contributed by atoms with E-state index in [9.17, 15) is 0 Å². The van der Waals surface area contributed by atoms with Crippen molar-refractivity contribution >= 4 is 5.95 Å². The molecule has 18 heavy (non-hydrogen) atoms. The Morgan fingerprint density at radius 3 is 2.78 bits per heavy atom. The molecule has 94 valence electrons. The minimum absolute atomic E-state index is 0.375. The maximum absolute atomic E-state index is 4.57. The first-order chi connectivity index (χ1) is 8.74. The number of aromatic nitrogens is 3. The largest absolute Gasteiger partial charge is 0.354 e. The quantitative estimate of drug-likeness (QED) is 0.880. The molecule has 1 aliphatic heterocycles. The Kier molecular flexibility index (Phi) is 2.78. The van der Waals surface area contributed by atoms with Crippen LogP contribution in [-0.2, 0) is 6.54 Å². The standard InChI is InChI=1S/C14H18N4/c1-10(2)13-16-14-15-8-12(9-18(14)17-13)11-6-4-3-5-7-11/h3-7,10,12H,8-9H2,1-2H3,(H,15,16,17). The van der Waals surface area contributed by atoms with Crippen LogP contribution in [-0.4, -0.2) is 21.3 Å². The van der Waals surface area contributed by atoms with Gasteiger partial charge in [-0.05, 0) is 5.56 Å². The number of anilines is 1. The SMILES string of the molecule is CC(C)c1nc2n(n1)CC(c1ccccc1)CN2. The van der Waals surface area contributed by atoms with Gasteiger partial charge in [-0.15, -0.1) is 0 Å². The van der Waals surface area contributed by atoms with Crippen molar-refractivity contribution < 1.29 is 0 Å². The van der Waals surface area contributed by atoms with Gasteiger partial charge in [0.2, 0.25) is 5.95 Å². The summed E-state index contributed by atoms with van der Waals surface area (Å²) in [6.45, 7) is 6.08. The zero-order valence-electron chi connectivity index (χ0n) is 10.8. The van der Waals surface area contributed by atoms with Crippen LogP contribution in [0.2, 0.25) is 0 Å². The summed E-state index contributed by atoms with van der Waals surface area (Å²) in [5, 5.41) is 7.94. The molecule has 3 rings (SSSR count). The number of fused-ring (bicyclic) bond motifs is 1. The van der Waals surface area contributed by atoms with Crippen LogP contribution < -0.4 is 5.32 Å². The number of benzene rings is 1. The fraction of sp³-hybridized carbons (Fsp3) is 0.429. The van der Waals surface area contributed by atoms with Crippen molar-refractivity contribution in [3.63, 3.8) is 0 Å². The normalized spacial score (nSPS) is 18.5. The first-order valence-corrected chi connectivity index (χ1v) is 6.47. The second-order valence-corrected chi connectivity index (χ2v) is 5.12. The lowest BCUT2D eigenvalue weighted by Crippen LogP contribution is -2.26. The fourth-order valence-electron chi connectivity index (χ4n) is 2.30. The first kappa shape index (κ1) is 11.3. The number of hydrogen-bond donors (Lipinski definition) is 1. The van der Waals surface area contributed by atoms with E-state index in [1.54, 1.807) is 0 Å². The Bertz CT molecular complexity index is 530. The Balaban J connectivity index is 1.85. The molecule has 0 amide bonds. The molecule has 1 aromatic heterocycles. The molecule has 4 heteroatoms. The number of nitrogens with one attached hydrogen (secondary N) is 1. The molecule has 0 fully saturated rings. The second-order valence-electron chi connectivity index (χ2n) is 5.12. The Morgan fingerprint density at radius 2 is 2.06 bits per heavy atom. The molecule has 1 unspecified atom stereocenters. The molecule has 1 aliphatic rings. The van der Waals surface area contributed by atoms with Crippen LogP contribution in [0.5, 0.6) is 0 Å². The fourth-order valence-corrected chi connectivity index (χ4v) is 2.30. The van der Waals surface area contributed by atoms with Crippen molar-refractivity contribution in [2.45, 2.75) is 32.2 Å². The van der Waals surface area contributed by atoms with Gasteiger partial charge in [0.05, 0.1) is 6.54 Å². The van der Waals surface area contributed by atoms with Gasteiger partial charge in [0.15, 0.2) is 5.82 Å². The third kappa shape index (κ3) is 1.98. The van der Waals surface area contributed by atoms with Gasteiger partial charge in [-0.25, -0.2) is 4.68 Å². The Labute approximate surface area is 107 Å². The predicted octanol–water partition coefficient (Wildman–Crippen LogP) is 2.61. The average Bonchev–Trinajstić information content (AvgIpc) is 2.82. The molecule has 0 bridgehead atoms. The summed E-state index contributed by atoms with van der Waals surface area (Å²) < 4.78 is 2.00. The molecule has 0 spiro atoms. The minimum Gasteiger partial charge on any atom is -0.354 e. The molecule has 0 saturated carbocycles. The molecule has 1 aromatic carbocycles. The molecule has 1 N–H and O–H groups in total. The molecule has 0 saturated heterocycles. The topological polar surface area (TPSA) is 42.7 Å². The molecule has 2 heterocycles. The van der Waals surface area contributed by atoms with Crippen molar-refractivity contribution in [1.29, 1.82) is 0 Å². The van der Waals surface area contributed by atoms with Crippen LogP contribution in [0.4, 0.5) is 5.95 Å². The van der Waals surface area contributed by atoms with Crippen LogP contribution in [0.25, 0.3) is 0 Å². The van der Waals surface area contributed by atoms with E-state index in [4.69, 9.17) is 0 Å². The van der Waals surface area contributed by atoms with E-state index in [0.717, 1.165) is 24.9 Å². The van der Waals surface area contributed by atoms with Crippen molar-refractivity contribution in [2.75, 3.05) is 11.9 Å². The molecular formula is C14H18N4.